The highest BCUT2D eigenvalue weighted by Crippen LogP contribution is 2.26. The van der Waals surface area contributed by atoms with Gasteiger partial charge in [0.05, 0.1) is 7.11 Å². The highest BCUT2D eigenvalue weighted by atomic mass is 16.5. The maximum Gasteiger partial charge on any atom is 0.411 e. The number of nitrogens with zero attached hydrogens (tertiary/aromatic N) is 1. The monoisotopic (exact) mass is 381 g/mol. The number of carbonyl (C=O) groups is 2. The quantitative estimate of drug-likeness (QED) is 0.825. The predicted molar refractivity (Wildman–Crippen MR) is 109 cm³/mol. The molecule has 1 fully saturated rings. The molecular formula is C22H27N3O3. The van der Waals surface area contributed by atoms with Crippen molar-refractivity contribution in [2.45, 2.75) is 44.3 Å². The fraction of sp³-hybridized carbons (Fsp3) is 0.364. The molecule has 1 aliphatic rings. The lowest BCUT2D eigenvalue weighted by atomic mass is 9.90. The summed E-state index contributed by atoms with van der Waals surface area (Å²) in [6.45, 7) is 0.520. The number of ether oxygens (including phenoxy) is 1. The normalized spacial score (nSPS) is 18.9. The molecule has 6 nitrogen and oxygen atoms in total. The summed E-state index contributed by atoms with van der Waals surface area (Å²) in [7, 11) is 1.33. The Hall–Kier alpha value is -2.86. The van der Waals surface area contributed by atoms with Crippen LogP contribution in [-0.2, 0) is 11.3 Å². The van der Waals surface area contributed by atoms with Gasteiger partial charge in [-0.05, 0) is 55.5 Å². The lowest BCUT2D eigenvalue weighted by Crippen LogP contribution is -2.43. The van der Waals surface area contributed by atoms with Gasteiger partial charge in [-0.2, -0.15) is 0 Å². The molecule has 6 heteroatoms. The Bertz CT molecular complexity index is 784. The highest BCUT2D eigenvalue weighted by Gasteiger charge is 2.28. The van der Waals surface area contributed by atoms with Gasteiger partial charge in [0.15, 0.2) is 0 Å². The van der Waals surface area contributed by atoms with E-state index >= 15 is 0 Å². The maximum absolute atomic E-state index is 13.2. The van der Waals surface area contributed by atoms with Gasteiger partial charge in [0.1, 0.15) is 0 Å². The van der Waals surface area contributed by atoms with Crippen LogP contribution in [0, 0.1) is 0 Å². The van der Waals surface area contributed by atoms with Crippen molar-refractivity contribution in [2.75, 3.05) is 12.4 Å². The summed E-state index contributed by atoms with van der Waals surface area (Å²) in [5.74, 6) is 0.0397. The summed E-state index contributed by atoms with van der Waals surface area (Å²) in [5.41, 5.74) is 8.41. The molecule has 0 bridgehead atoms. The molecule has 2 aromatic rings. The third-order valence-electron chi connectivity index (χ3n) is 5.20. The fourth-order valence-corrected chi connectivity index (χ4v) is 3.59. The van der Waals surface area contributed by atoms with Crippen LogP contribution in [0.4, 0.5) is 10.5 Å². The van der Waals surface area contributed by atoms with Gasteiger partial charge >= 0.3 is 6.09 Å². The number of hydrogen-bond acceptors (Lipinski definition) is 4. The number of methoxy groups -OCH3 is 1. The van der Waals surface area contributed by atoms with E-state index in [4.69, 9.17) is 5.73 Å². The van der Waals surface area contributed by atoms with Gasteiger partial charge in [0, 0.05) is 29.9 Å². The van der Waals surface area contributed by atoms with Crippen molar-refractivity contribution in [1.82, 2.24) is 4.90 Å². The molecule has 1 aliphatic carbocycles. The minimum Gasteiger partial charge on any atom is -0.453 e. The summed E-state index contributed by atoms with van der Waals surface area (Å²) in [4.78, 5) is 26.5. The molecule has 148 valence electrons. The van der Waals surface area contributed by atoms with E-state index in [1.54, 1.807) is 0 Å². The minimum absolute atomic E-state index is 0.0397. The lowest BCUT2D eigenvalue weighted by Gasteiger charge is -2.36. The zero-order chi connectivity index (χ0) is 19.9. The van der Waals surface area contributed by atoms with Crippen molar-refractivity contribution in [3.8, 4) is 0 Å². The number of carbonyl (C=O) groups excluding carboxylic acids is 2. The van der Waals surface area contributed by atoms with E-state index in [0.717, 1.165) is 31.2 Å². The van der Waals surface area contributed by atoms with Gasteiger partial charge < -0.3 is 15.4 Å². The molecule has 28 heavy (non-hydrogen) atoms. The SMILES string of the molecule is COC(=O)Nc1ccc(CN(C(=O)c2ccccc2)C2CCC(N)CC2)cc1. The Morgan fingerprint density at radius 1 is 1.04 bits per heavy atom. The van der Waals surface area contributed by atoms with Crippen molar-refractivity contribution in [1.29, 1.82) is 0 Å². The highest BCUT2D eigenvalue weighted by molar-refractivity contribution is 5.94. The van der Waals surface area contributed by atoms with Crippen LogP contribution in [0.2, 0.25) is 0 Å². The summed E-state index contributed by atoms with van der Waals surface area (Å²) in [6, 6.07) is 17.3. The Kier molecular flexibility index (Phi) is 6.66. The number of nitrogens with two attached hydrogens (primary N) is 1. The molecule has 0 heterocycles. The third-order valence-corrected chi connectivity index (χ3v) is 5.20. The van der Waals surface area contributed by atoms with E-state index in [1.165, 1.54) is 7.11 Å². The van der Waals surface area contributed by atoms with Crippen LogP contribution in [0.15, 0.2) is 54.6 Å². The standard InChI is InChI=1S/C22H27N3O3/c1-28-22(27)24-19-11-7-16(8-12-19)15-25(20-13-9-18(23)10-14-20)21(26)17-5-3-2-4-6-17/h2-8,11-12,18,20H,9-10,13-15,23H2,1H3,(H,24,27). The van der Waals surface area contributed by atoms with E-state index < -0.39 is 6.09 Å². The van der Waals surface area contributed by atoms with Gasteiger partial charge in [-0.3, -0.25) is 10.1 Å². The van der Waals surface area contributed by atoms with Gasteiger partial charge in [-0.15, -0.1) is 0 Å². The Balaban J connectivity index is 1.77. The summed E-state index contributed by atoms with van der Waals surface area (Å²) < 4.78 is 4.60. The first kappa shape index (κ1) is 19.9. The zero-order valence-electron chi connectivity index (χ0n) is 16.1. The topological polar surface area (TPSA) is 84.7 Å². The second kappa shape index (κ2) is 9.37. The largest absolute Gasteiger partial charge is 0.453 e. The van der Waals surface area contributed by atoms with Crippen LogP contribution in [0.1, 0.15) is 41.6 Å². The van der Waals surface area contributed by atoms with Crippen LogP contribution in [-0.4, -0.2) is 36.1 Å². The second-order valence-corrected chi connectivity index (χ2v) is 7.18. The van der Waals surface area contributed by atoms with Crippen molar-refractivity contribution >= 4 is 17.7 Å². The van der Waals surface area contributed by atoms with Crippen molar-refractivity contribution in [3.63, 3.8) is 0 Å². The van der Waals surface area contributed by atoms with Gasteiger partial charge in [-0.25, -0.2) is 4.79 Å². The van der Waals surface area contributed by atoms with Crippen LogP contribution in [0.5, 0.6) is 0 Å². The fourth-order valence-electron chi connectivity index (χ4n) is 3.59. The van der Waals surface area contributed by atoms with Crippen LogP contribution >= 0.6 is 0 Å². The van der Waals surface area contributed by atoms with E-state index in [9.17, 15) is 9.59 Å². The molecule has 0 spiro atoms. The van der Waals surface area contributed by atoms with Gasteiger partial charge in [0.25, 0.3) is 5.91 Å². The molecule has 3 N–H and O–H groups in total. The Labute approximate surface area is 165 Å². The zero-order valence-corrected chi connectivity index (χ0v) is 16.1. The predicted octanol–water partition coefficient (Wildman–Crippen LogP) is 3.78. The molecular weight excluding hydrogens is 354 g/mol. The molecule has 1 saturated carbocycles. The summed E-state index contributed by atoms with van der Waals surface area (Å²) in [5, 5.41) is 2.63. The Morgan fingerprint density at radius 2 is 1.68 bits per heavy atom. The average molecular weight is 381 g/mol. The minimum atomic E-state index is -0.507. The summed E-state index contributed by atoms with van der Waals surface area (Å²) in [6.07, 6.45) is 3.20. The first-order valence-corrected chi connectivity index (χ1v) is 9.62. The number of amides is 2. The molecule has 0 unspecified atom stereocenters. The smallest absolute Gasteiger partial charge is 0.411 e. The molecule has 0 radical (unpaired) electrons. The van der Waals surface area contributed by atoms with Crippen LogP contribution in [0.3, 0.4) is 0 Å². The average Bonchev–Trinajstić information content (AvgIpc) is 2.74. The van der Waals surface area contributed by atoms with Crippen LogP contribution < -0.4 is 11.1 Å². The molecule has 0 atom stereocenters. The third kappa shape index (κ3) is 5.10. The molecule has 2 amide bonds. The first-order chi connectivity index (χ1) is 13.6. The molecule has 2 aromatic carbocycles. The van der Waals surface area contributed by atoms with Gasteiger partial charge in [0.2, 0.25) is 0 Å². The van der Waals surface area contributed by atoms with Crippen molar-refractivity contribution < 1.29 is 14.3 Å². The second-order valence-electron chi connectivity index (χ2n) is 7.18. The number of rotatable bonds is 5. The van der Waals surface area contributed by atoms with E-state index in [-0.39, 0.29) is 18.0 Å². The first-order valence-electron chi connectivity index (χ1n) is 9.62. The molecule has 0 aromatic heterocycles. The molecule has 3 rings (SSSR count). The number of benzene rings is 2. The van der Waals surface area contributed by atoms with E-state index in [1.807, 2.05) is 59.5 Å². The van der Waals surface area contributed by atoms with Crippen molar-refractivity contribution in [3.05, 3.63) is 65.7 Å². The summed E-state index contributed by atoms with van der Waals surface area (Å²) >= 11 is 0. The molecule has 0 aliphatic heterocycles. The molecule has 0 saturated heterocycles. The Morgan fingerprint density at radius 3 is 2.29 bits per heavy atom. The number of hydrogen-bond donors (Lipinski definition) is 2. The number of anilines is 1. The van der Waals surface area contributed by atoms with Gasteiger partial charge in [-0.1, -0.05) is 30.3 Å². The van der Waals surface area contributed by atoms with E-state index in [2.05, 4.69) is 10.1 Å². The van der Waals surface area contributed by atoms with Crippen LogP contribution in [0.25, 0.3) is 0 Å². The number of nitrogens with one attached hydrogen (secondary N) is 1. The van der Waals surface area contributed by atoms with E-state index in [0.29, 0.717) is 17.8 Å². The maximum atomic E-state index is 13.2. The lowest BCUT2D eigenvalue weighted by molar-refractivity contribution is 0.0606. The van der Waals surface area contributed by atoms with Crippen molar-refractivity contribution in [2.24, 2.45) is 5.73 Å².